The Hall–Kier alpha value is -0.740. The molecule has 1 atom stereocenters. The molecule has 0 unspecified atom stereocenters. The molecular weight excluding hydrogens is 100 g/mol. The Morgan fingerprint density at radius 2 is 2.50 bits per heavy atom. The first-order valence-corrected chi connectivity index (χ1v) is 2.62. The monoisotopic (exact) mass is 110 g/mol. The summed E-state index contributed by atoms with van der Waals surface area (Å²) in [6.07, 6.45) is 8.34. The molecule has 0 rings (SSSR count). The van der Waals surface area contributed by atoms with Gasteiger partial charge in [-0.2, -0.15) is 0 Å². The maximum Gasteiger partial charge on any atom is 0.0727 e. The van der Waals surface area contributed by atoms with Gasteiger partial charge in [0.15, 0.2) is 0 Å². The number of terminal acetylenes is 1. The van der Waals surface area contributed by atoms with Crippen molar-refractivity contribution in [1.82, 2.24) is 0 Å². The van der Waals surface area contributed by atoms with Gasteiger partial charge in [-0.1, -0.05) is 12.8 Å². The van der Waals surface area contributed by atoms with Gasteiger partial charge in [0.05, 0.1) is 6.10 Å². The summed E-state index contributed by atoms with van der Waals surface area (Å²) in [5, 5.41) is 8.81. The molecule has 0 aromatic rings. The van der Waals surface area contributed by atoms with Crippen LogP contribution >= 0.6 is 0 Å². The van der Waals surface area contributed by atoms with Gasteiger partial charge in [-0.05, 0) is 18.6 Å². The highest BCUT2D eigenvalue weighted by Gasteiger charge is 1.88. The second kappa shape index (κ2) is 4.42. The van der Waals surface area contributed by atoms with E-state index < -0.39 is 0 Å². The van der Waals surface area contributed by atoms with Crippen LogP contribution in [0.2, 0.25) is 0 Å². The van der Waals surface area contributed by atoms with E-state index in [0.717, 1.165) is 6.42 Å². The smallest absolute Gasteiger partial charge is 0.0727 e. The molecule has 0 spiro atoms. The Morgan fingerprint density at radius 1 is 1.88 bits per heavy atom. The zero-order chi connectivity index (χ0) is 6.41. The minimum absolute atomic E-state index is 0.369. The Bertz CT molecular complexity index is 108. The molecule has 0 saturated carbocycles. The molecule has 0 radical (unpaired) electrons. The predicted octanol–water partition coefficient (Wildman–Crippen LogP) is 0.947. The molecule has 0 aliphatic carbocycles. The summed E-state index contributed by atoms with van der Waals surface area (Å²) in [4.78, 5) is 0. The molecule has 0 aliphatic rings. The van der Waals surface area contributed by atoms with Crippen molar-refractivity contribution in [2.75, 3.05) is 0 Å². The Kier molecular flexibility index (Phi) is 4.01. The number of aliphatic hydroxyl groups is 1. The molecule has 1 N–H and O–H groups in total. The SMILES string of the molecule is C#C/C=C\[C@H](O)CC. The average molecular weight is 110 g/mol. The van der Waals surface area contributed by atoms with Crippen LogP contribution in [0.3, 0.4) is 0 Å². The second-order valence-electron chi connectivity index (χ2n) is 1.50. The largest absolute Gasteiger partial charge is 0.389 e. The summed E-state index contributed by atoms with van der Waals surface area (Å²) in [5.41, 5.74) is 0. The maximum atomic E-state index is 8.81. The highest BCUT2D eigenvalue weighted by atomic mass is 16.3. The highest BCUT2D eigenvalue weighted by Crippen LogP contribution is 1.89. The lowest BCUT2D eigenvalue weighted by Crippen LogP contribution is -1.97. The van der Waals surface area contributed by atoms with Crippen molar-refractivity contribution in [1.29, 1.82) is 0 Å². The molecule has 0 bridgehead atoms. The molecule has 0 aromatic carbocycles. The number of hydrogen-bond acceptors (Lipinski definition) is 1. The molecule has 8 heavy (non-hydrogen) atoms. The molecule has 1 nitrogen and oxygen atoms in total. The molecular formula is C7H10O. The van der Waals surface area contributed by atoms with Crippen molar-refractivity contribution in [3.63, 3.8) is 0 Å². The van der Waals surface area contributed by atoms with Gasteiger partial charge in [-0.25, -0.2) is 0 Å². The molecule has 0 aliphatic heterocycles. The van der Waals surface area contributed by atoms with E-state index in [2.05, 4.69) is 5.92 Å². The highest BCUT2D eigenvalue weighted by molar-refractivity contribution is 5.10. The number of allylic oxidation sites excluding steroid dienone is 1. The van der Waals surface area contributed by atoms with Crippen molar-refractivity contribution in [3.05, 3.63) is 12.2 Å². The lowest BCUT2D eigenvalue weighted by molar-refractivity contribution is 0.219. The molecule has 0 aromatic heterocycles. The van der Waals surface area contributed by atoms with Gasteiger partial charge in [-0.3, -0.25) is 0 Å². The molecule has 0 saturated heterocycles. The van der Waals surface area contributed by atoms with Gasteiger partial charge in [0.2, 0.25) is 0 Å². The lowest BCUT2D eigenvalue weighted by Gasteiger charge is -1.94. The standard InChI is InChI=1S/C7H10O/c1-3-5-6-7(8)4-2/h1,5-8H,4H2,2H3/b6-5-/t7-/m1/s1. The fourth-order valence-electron chi connectivity index (χ4n) is 0.303. The third kappa shape index (κ3) is 3.45. The Balaban J connectivity index is 3.40. The number of aliphatic hydroxyl groups excluding tert-OH is 1. The molecule has 44 valence electrons. The van der Waals surface area contributed by atoms with Gasteiger partial charge < -0.3 is 5.11 Å². The molecule has 0 heterocycles. The maximum absolute atomic E-state index is 8.81. The van der Waals surface area contributed by atoms with Crippen LogP contribution in [0.1, 0.15) is 13.3 Å². The molecule has 1 heteroatoms. The summed E-state index contributed by atoms with van der Waals surface area (Å²) in [6.45, 7) is 1.89. The predicted molar refractivity (Wildman–Crippen MR) is 34.3 cm³/mol. The van der Waals surface area contributed by atoms with Gasteiger partial charge in [-0.15, -0.1) is 6.42 Å². The summed E-state index contributed by atoms with van der Waals surface area (Å²) in [7, 11) is 0. The van der Waals surface area contributed by atoms with Gasteiger partial charge in [0.1, 0.15) is 0 Å². The van der Waals surface area contributed by atoms with Crippen LogP contribution in [0.15, 0.2) is 12.2 Å². The summed E-state index contributed by atoms with van der Waals surface area (Å²) in [6, 6.07) is 0. The van der Waals surface area contributed by atoms with E-state index in [1.807, 2.05) is 6.92 Å². The minimum Gasteiger partial charge on any atom is -0.389 e. The van der Waals surface area contributed by atoms with Crippen LogP contribution < -0.4 is 0 Å². The topological polar surface area (TPSA) is 20.2 Å². The quantitative estimate of drug-likeness (QED) is 0.525. The first kappa shape index (κ1) is 7.26. The van der Waals surface area contributed by atoms with Crippen LogP contribution in [0, 0.1) is 12.3 Å². The Morgan fingerprint density at radius 3 is 2.88 bits per heavy atom. The Labute approximate surface area is 50.0 Å². The number of rotatable bonds is 2. The third-order valence-electron chi connectivity index (χ3n) is 0.833. The van der Waals surface area contributed by atoms with Crippen LogP contribution in [0.5, 0.6) is 0 Å². The van der Waals surface area contributed by atoms with Gasteiger partial charge in [0.25, 0.3) is 0 Å². The third-order valence-corrected chi connectivity index (χ3v) is 0.833. The minimum atomic E-state index is -0.369. The zero-order valence-corrected chi connectivity index (χ0v) is 4.96. The first-order chi connectivity index (χ1) is 3.81. The molecule has 0 fully saturated rings. The van der Waals surface area contributed by atoms with E-state index >= 15 is 0 Å². The lowest BCUT2D eigenvalue weighted by atomic mass is 10.2. The van der Waals surface area contributed by atoms with Crippen molar-refractivity contribution in [2.24, 2.45) is 0 Å². The second-order valence-corrected chi connectivity index (χ2v) is 1.50. The van der Waals surface area contributed by atoms with Crippen LogP contribution in [0.25, 0.3) is 0 Å². The average Bonchev–Trinajstić information content (AvgIpc) is 1.83. The van der Waals surface area contributed by atoms with E-state index in [-0.39, 0.29) is 6.10 Å². The van der Waals surface area contributed by atoms with Crippen LogP contribution in [-0.2, 0) is 0 Å². The van der Waals surface area contributed by atoms with Crippen molar-refractivity contribution >= 4 is 0 Å². The number of hydrogen-bond donors (Lipinski definition) is 1. The first-order valence-electron chi connectivity index (χ1n) is 2.62. The summed E-state index contributed by atoms with van der Waals surface area (Å²) < 4.78 is 0. The van der Waals surface area contributed by atoms with E-state index in [1.165, 1.54) is 6.08 Å². The van der Waals surface area contributed by atoms with Crippen molar-refractivity contribution < 1.29 is 5.11 Å². The van der Waals surface area contributed by atoms with E-state index in [1.54, 1.807) is 6.08 Å². The fourth-order valence-corrected chi connectivity index (χ4v) is 0.303. The van der Waals surface area contributed by atoms with Crippen molar-refractivity contribution in [3.8, 4) is 12.3 Å². The van der Waals surface area contributed by atoms with E-state index in [0.29, 0.717) is 0 Å². The zero-order valence-electron chi connectivity index (χ0n) is 4.96. The van der Waals surface area contributed by atoms with Gasteiger partial charge >= 0.3 is 0 Å². The molecule has 0 amide bonds. The van der Waals surface area contributed by atoms with Crippen LogP contribution in [-0.4, -0.2) is 11.2 Å². The van der Waals surface area contributed by atoms with E-state index in [4.69, 9.17) is 11.5 Å². The fraction of sp³-hybridized carbons (Fsp3) is 0.429. The normalized spacial score (nSPS) is 13.6. The van der Waals surface area contributed by atoms with Crippen LogP contribution in [0.4, 0.5) is 0 Å². The van der Waals surface area contributed by atoms with Gasteiger partial charge in [0, 0.05) is 0 Å². The van der Waals surface area contributed by atoms with E-state index in [9.17, 15) is 0 Å². The summed E-state index contributed by atoms with van der Waals surface area (Å²) >= 11 is 0. The van der Waals surface area contributed by atoms with Crippen molar-refractivity contribution in [2.45, 2.75) is 19.4 Å². The summed E-state index contributed by atoms with van der Waals surface area (Å²) in [5.74, 6) is 2.29.